The van der Waals surface area contributed by atoms with E-state index in [2.05, 4.69) is 10.6 Å². The molecule has 23 heavy (non-hydrogen) atoms. The summed E-state index contributed by atoms with van der Waals surface area (Å²) in [4.78, 5) is 13.4. The SMILES string of the molecule is CCc1oc(C(=O)NCC(N2CCNCC2)C(F)(F)F)cc1C. The van der Waals surface area contributed by atoms with Gasteiger partial charge in [0.1, 0.15) is 11.8 Å². The lowest BCUT2D eigenvalue weighted by molar-refractivity contribution is -0.183. The molecule has 0 saturated carbocycles. The number of carbonyl (C=O) groups is 1. The van der Waals surface area contributed by atoms with E-state index in [0.717, 1.165) is 5.56 Å². The second kappa shape index (κ2) is 7.35. The number of amides is 1. The van der Waals surface area contributed by atoms with Gasteiger partial charge in [0, 0.05) is 39.1 Å². The summed E-state index contributed by atoms with van der Waals surface area (Å²) in [7, 11) is 0. The predicted octanol–water partition coefficient (Wildman–Crippen LogP) is 1.72. The molecular weight excluding hydrogens is 311 g/mol. The average Bonchev–Trinajstić information content (AvgIpc) is 2.88. The summed E-state index contributed by atoms with van der Waals surface area (Å²) in [6.45, 7) is 4.84. The number of halogens is 3. The van der Waals surface area contributed by atoms with E-state index in [4.69, 9.17) is 4.42 Å². The van der Waals surface area contributed by atoms with Gasteiger partial charge in [-0.15, -0.1) is 0 Å². The van der Waals surface area contributed by atoms with Crippen LogP contribution >= 0.6 is 0 Å². The summed E-state index contributed by atoms with van der Waals surface area (Å²) in [5, 5.41) is 5.37. The minimum Gasteiger partial charge on any atom is -0.456 e. The zero-order valence-corrected chi connectivity index (χ0v) is 13.3. The van der Waals surface area contributed by atoms with E-state index in [9.17, 15) is 18.0 Å². The van der Waals surface area contributed by atoms with Crippen LogP contribution in [0.1, 0.15) is 28.8 Å². The van der Waals surface area contributed by atoms with Crippen molar-refractivity contribution in [3.05, 3.63) is 23.2 Å². The zero-order chi connectivity index (χ0) is 17.0. The monoisotopic (exact) mass is 333 g/mol. The number of piperazine rings is 1. The van der Waals surface area contributed by atoms with Crippen molar-refractivity contribution in [3.63, 3.8) is 0 Å². The van der Waals surface area contributed by atoms with Gasteiger partial charge in [0.15, 0.2) is 5.76 Å². The Morgan fingerprint density at radius 3 is 2.61 bits per heavy atom. The first-order valence-electron chi connectivity index (χ1n) is 7.72. The maximum absolute atomic E-state index is 13.2. The lowest BCUT2D eigenvalue weighted by atomic mass is 10.2. The van der Waals surface area contributed by atoms with E-state index in [1.54, 1.807) is 13.0 Å². The standard InChI is InChI=1S/C15H22F3N3O2/c1-3-11-10(2)8-12(23-11)14(22)20-9-13(15(16,17)18)21-6-4-19-5-7-21/h8,13,19H,3-7,9H2,1-2H3,(H,20,22). The minimum atomic E-state index is -4.39. The summed E-state index contributed by atoms with van der Waals surface area (Å²) in [6.07, 6.45) is -3.76. The fraction of sp³-hybridized carbons (Fsp3) is 0.667. The highest BCUT2D eigenvalue weighted by molar-refractivity contribution is 5.91. The maximum atomic E-state index is 13.2. The second-order valence-corrected chi connectivity index (χ2v) is 5.62. The molecule has 8 heteroatoms. The maximum Gasteiger partial charge on any atom is 0.405 e. The molecule has 2 rings (SSSR count). The van der Waals surface area contributed by atoms with Crippen LogP contribution in [-0.2, 0) is 6.42 Å². The first-order chi connectivity index (χ1) is 10.8. The van der Waals surface area contributed by atoms with Gasteiger partial charge in [0.25, 0.3) is 5.91 Å². The van der Waals surface area contributed by atoms with E-state index >= 15 is 0 Å². The Kier molecular flexibility index (Phi) is 5.69. The highest BCUT2D eigenvalue weighted by Gasteiger charge is 2.43. The van der Waals surface area contributed by atoms with E-state index in [-0.39, 0.29) is 5.76 Å². The molecule has 0 bridgehead atoms. The van der Waals surface area contributed by atoms with Gasteiger partial charge in [-0.3, -0.25) is 9.69 Å². The fourth-order valence-electron chi connectivity index (χ4n) is 2.70. The summed E-state index contributed by atoms with van der Waals surface area (Å²) >= 11 is 0. The van der Waals surface area contributed by atoms with Crippen LogP contribution in [0, 0.1) is 6.92 Å². The van der Waals surface area contributed by atoms with Crippen LogP contribution in [0.3, 0.4) is 0 Å². The van der Waals surface area contributed by atoms with Crippen LogP contribution in [0.15, 0.2) is 10.5 Å². The number of nitrogens with one attached hydrogen (secondary N) is 2. The highest BCUT2D eigenvalue weighted by Crippen LogP contribution is 2.25. The molecule has 1 fully saturated rings. The topological polar surface area (TPSA) is 57.5 Å². The van der Waals surface area contributed by atoms with Crippen molar-refractivity contribution >= 4 is 5.91 Å². The molecule has 0 radical (unpaired) electrons. The van der Waals surface area contributed by atoms with Crippen LogP contribution in [0.5, 0.6) is 0 Å². The number of alkyl halides is 3. The lowest BCUT2D eigenvalue weighted by Crippen LogP contribution is -2.57. The summed E-state index contributed by atoms with van der Waals surface area (Å²) in [5.74, 6) is 0.113. The molecule has 1 unspecified atom stereocenters. The Balaban J connectivity index is 2.00. The number of furan rings is 1. The number of hydrogen-bond donors (Lipinski definition) is 2. The highest BCUT2D eigenvalue weighted by atomic mass is 19.4. The predicted molar refractivity (Wildman–Crippen MR) is 79.4 cm³/mol. The molecule has 5 nitrogen and oxygen atoms in total. The third-order valence-electron chi connectivity index (χ3n) is 3.99. The summed E-state index contributed by atoms with van der Waals surface area (Å²) in [6, 6.07) is -0.128. The number of nitrogens with zero attached hydrogens (tertiary/aromatic N) is 1. The van der Waals surface area contributed by atoms with Crippen molar-refractivity contribution in [3.8, 4) is 0 Å². The zero-order valence-electron chi connectivity index (χ0n) is 13.3. The average molecular weight is 333 g/mol. The summed E-state index contributed by atoms with van der Waals surface area (Å²) < 4.78 is 45.1. The van der Waals surface area contributed by atoms with Crippen LogP contribution < -0.4 is 10.6 Å². The van der Waals surface area contributed by atoms with Crippen molar-refractivity contribution in [1.82, 2.24) is 15.5 Å². The van der Waals surface area contributed by atoms with Gasteiger partial charge in [0.2, 0.25) is 0 Å². The molecule has 130 valence electrons. The molecule has 1 aliphatic rings. The Bertz CT molecular complexity index is 537. The lowest BCUT2D eigenvalue weighted by Gasteiger charge is -2.35. The van der Waals surface area contributed by atoms with Gasteiger partial charge in [-0.05, 0) is 18.6 Å². The smallest absolute Gasteiger partial charge is 0.405 e. The van der Waals surface area contributed by atoms with Crippen LogP contribution in [0.4, 0.5) is 13.2 Å². The molecule has 0 aromatic carbocycles. The van der Waals surface area contributed by atoms with Gasteiger partial charge in [0.05, 0.1) is 0 Å². The minimum absolute atomic E-state index is 0.0561. The Morgan fingerprint density at radius 2 is 2.09 bits per heavy atom. The molecule has 0 aliphatic carbocycles. The van der Waals surface area contributed by atoms with Crippen molar-refractivity contribution in [1.29, 1.82) is 0 Å². The number of hydrogen-bond acceptors (Lipinski definition) is 4. The van der Waals surface area contributed by atoms with Gasteiger partial charge in [-0.25, -0.2) is 0 Å². The molecular formula is C15H22F3N3O2. The van der Waals surface area contributed by atoms with E-state index in [1.807, 2.05) is 6.92 Å². The molecule has 1 aromatic rings. The number of aryl methyl sites for hydroxylation is 2. The Morgan fingerprint density at radius 1 is 1.43 bits per heavy atom. The number of rotatable bonds is 5. The van der Waals surface area contributed by atoms with Crippen LogP contribution in [0.25, 0.3) is 0 Å². The molecule has 1 saturated heterocycles. The molecule has 1 amide bonds. The van der Waals surface area contributed by atoms with Crippen molar-refractivity contribution in [2.75, 3.05) is 32.7 Å². The Labute approximate surface area is 133 Å². The van der Waals surface area contributed by atoms with Crippen molar-refractivity contribution < 1.29 is 22.4 Å². The third-order valence-corrected chi connectivity index (χ3v) is 3.99. The molecule has 0 spiro atoms. The summed E-state index contributed by atoms with van der Waals surface area (Å²) in [5.41, 5.74) is 0.826. The van der Waals surface area contributed by atoms with E-state index < -0.39 is 24.7 Å². The largest absolute Gasteiger partial charge is 0.456 e. The first-order valence-corrected chi connectivity index (χ1v) is 7.72. The second-order valence-electron chi connectivity index (χ2n) is 5.62. The molecule has 2 heterocycles. The molecule has 1 atom stereocenters. The van der Waals surface area contributed by atoms with Crippen molar-refractivity contribution in [2.45, 2.75) is 32.5 Å². The molecule has 1 aromatic heterocycles. The fourth-order valence-corrected chi connectivity index (χ4v) is 2.70. The van der Waals surface area contributed by atoms with Gasteiger partial charge in [-0.1, -0.05) is 6.92 Å². The van der Waals surface area contributed by atoms with Crippen LogP contribution in [-0.4, -0.2) is 55.7 Å². The van der Waals surface area contributed by atoms with E-state index in [1.165, 1.54) is 4.90 Å². The molecule has 2 N–H and O–H groups in total. The van der Waals surface area contributed by atoms with Crippen molar-refractivity contribution in [2.24, 2.45) is 0 Å². The number of carbonyl (C=O) groups excluding carboxylic acids is 1. The van der Waals surface area contributed by atoms with Gasteiger partial charge >= 0.3 is 6.18 Å². The molecule has 1 aliphatic heterocycles. The van der Waals surface area contributed by atoms with Crippen LogP contribution in [0.2, 0.25) is 0 Å². The van der Waals surface area contributed by atoms with Gasteiger partial charge in [-0.2, -0.15) is 13.2 Å². The quantitative estimate of drug-likeness (QED) is 0.861. The Hall–Kier alpha value is -1.54. The normalized spacial score (nSPS) is 18.0. The van der Waals surface area contributed by atoms with E-state index in [0.29, 0.717) is 38.4 Å². The third kappa shape index (κ3) is 4.48. The first kappa shape index (κ1) is 17.8. The van der Waals surface area contributed by atoms with Gasteiger partial charge < -0.3 is 15.1 Å².